The molecule has 2 nitrogen and oxygen atoms in total. The minimum absolute atomic E-state index is 0.578. The van der Waals surface area contributed by atoms with Crippen molar-refractivity contribution in [3.63, 3.8) is 0 Å². The van der Waals surface area contributed by atoms with Gasteiger partial charge < -0.3 is 5.11 Å². The monoisotopic (exact) mass is 263 g/mol. The standard InChI is InChI=1S/C13H10ClNOS/c1-13(16,11-6-7-12(14)17-11)10-4-2-9(8-15)3-5-10/h2-7,16H,1H3. The van der Waals surface area contributed by atoms with Gasteiger partial charge in [-0.05, 0) is 36.8 Å². The van der Waals surface area contributed by atoms with Crippen LogP contribution in [0.2, 0.25) is 4.34 Å². The van der Waals surface area contributed by atoms with Crippen molar-refractivity contribution in [2.75, 3.05) is 0 Å². The Kier molecular flexibility index (Phi) is 3.21. The zero-order chi connectivity index (χ0) is 12.5. The van der Waals surface area contributed by atoms with Crippen molar-refractivity contribution in [2.24, 2.45) is 0 Å². The van der Waals surface area contributed by atoms with E-state index in [0.717, 1.165) is 10.4 Å². The molecule has 0 saturated carbocycles. The molecular formula is C13H10ClNOS. The van der Waals surface area contributed by atoms with Crippen LogP contribution in [0.15, 0.2) is 36.4 Å². The topological polar surface area (TPSA) is 44.0 Å². The molecule has 0 aliphatic carbocycles. The minimum Gasteiger partial charge on any atom is -0.380 e. The van der Waals surface area contributed by atoms with Gasteiger partial charge in [-0.15, -0.1) is 11.3 Å². The molecule has 1 atom stereocenters. The number of aliphatic hydroxyl groups is 1. The summed E-state index contributed by atoms with van der Waals surface area (Å²) in [5.74, 6) is 0. The van der Waals surface area contributed by atoms with Crippen molar-refractivity contribution in [1.82, 2.24) is 0 Å². The lowest BCUT2D eigenvalue weighted by Crippen LogP contribution is -2.21. The third-order valence-electron chi connectivity index (χ3n) is 2.63. The fraction of sp³-hybridized carbons (Fsp3) is 0.154. The predicted molar refractivity (Wildman–Crippen MR) is 69.2 cm³/mol. The lowest BCUT2D eigenvalue weighted by atomic mass is 9.94. The maximum atomic E-state index is 10.5. The van der Waals surface area contributed by atoms with Gasteiger partial charge in [0.1, 0.15) is 5.60 Å². The number of hydrogen-bond donors (Lipinski definition) is 1. The van der Waals surface area contributed by atoms with Crippen molar-refractivity contribution in [3.05, 3.63) is 56.7 Å². The highest BCUT2D eigenvalue weighted by Gasteiger charge is 2.27. The zero-order valence-electron chi connectivity index (χ0n) is 9.14. The number of nitriles is 1. The molecule has 1 heterocycles. The van der Waals surface area contributed by atoms with Crippen molar-refractivity contribution >= 4 is 22.9 Å². The molecule has 0 fully saturated rings. The first kappa shape index (κ1) is 12.1. The number of hydrogen-bond acceptors (Lipinski definition) is 3. The number of halogens is 1. The van der Waals surface area contributed by atoms with E-state index in [9.17, 15) is 5.11 Å². The summed E-state index contributed by atoms with van der Waals surface area (Å²) in [6, 6.07) is 12.5. The Morgan fingerprint density at radius 1 is 1.24 bits per heavy atom. The maximum absolute atomic E-state index is 10.5. The fourth-order valence-corrected chi connectivity index (χ4v) is 2.70. The van der Waals surface area contributed by atoms with Crippen molar-refractivity contribution < 1.29 is 5.11 Å². The van der Waals surface area contributed by atoms with Crippen LogP contribution >= 0.6 is 22.9 Å². The number of thiophene rings is 1. The Bertz CT molecular complexity index is 566. The van der Waals surface area contributed by atoms with E-state index in [1.807, 2.05) is 12.1 Å². The molecule has 1 unspecified atom stereocenters. The van der Waals surface area contributed by atoms with Gasteiger partial charge in [0.25, 0.3) is 0 Å². The van der Waals surface area contributed by atoms with Gasteiger partial charge in [-0.3, -0.25) is 0 Å². The maximum Gasteiger partial charge on any atom is 0.121 e. The highest BCUT2D eigenvalue weighted by molar-refractivity contribution is 7.16. The Hall–Kier alpha value is -1.34. The van der Waals surface area contributed by atoms with Gasteiger partial charge in [0.15, 0.2) is 0 Å². The van der Waals surface area contributed by atoms with Gasteiger partial charge in [0.2, 0.25) is 0 Å². The Labute approximate surface area is 109 Å². The lowest BCUT2D eigenvalue weighted by Gasteiger charge is -2.22. The van der Waals surface area contributed by atoms with E-state index < -0.39 is 5.60 Å². The molecule has 86 valence electrons. The summed E-state index contributed by atoms with van der Waals surface area (Å²) in [5.41, 5.74) is 0.245. The van der Waals surface area contributed by atoms with E-state index in [0.29, 0.717) is 9.90 Å². The Balaban J connectivity index is 2.41. The van der Waals surface area contributed by atoms with Gasteiger partial charge >= 0.3 is 0 Å². The second-order valence-corrected chi connectivity index (χ2v) is 5.58. The molecule has 1 aromatic heterocycles. The predicted octanol–water partition coefficient (Wildman–Crippen LogP) is 3.53. The molecule has 1 aromatic carbocycles. The lowest BCUT2D eigenvalue weighted by molar-refractivity contribution is 0.106. The van der Waals surface area contributed by atoms with Crippen molar-refractivity contribution in [2.45, 2.75) is 12.5 Å². The third-order valence-corrected chi connectivity index (χ3v) is 4.07. The molecule has 17 heavy (non-hydrogen) atoms. The van der Waals surface area contributed by atoms with Crippen LogP contribution in [0.4, 0.5) is 0 Å². The van der Waals surface area contributed by atoms with Crippen LogP contribution in [-0.4, -0.2) is 5.11 Å². The molecule has 0 saturated heterocycles. The van der Waals surface area contributed by atoms with Crippen LogP contribution < -0.4 is 0 Å². The van der Waals surface area contributed by atoms with Gasteiger partial charge in [-0.25, -0.2) is 0 Å². The highest BCUT2D eigenvalue weighted by atomic mass is 35.5. The number of benzene rings is 1. The van der Waals surface area contributed by atoms with Gasteiger partial charge in [0, 0.05) is 4.88 Å². The van der Waals surface area contributed by atoms with E-state index in [4.69, 9.17) is 16.9 Å². The average Bonchev–Trinajstić information content (AvgIpc) is 2.77. The van der Waals surface area contributed by atoms with Crippen LogP contribution in [0.5, 0.6) is 0 Å². The first-order valence-electron chi connectivity index (χ1n) is 5.03. The molecule has 0 aliphatic heterocycles. The summed E-state index contributed by atoms with van der Waals surface area (Å²) in [4.78, 5) is 0.784. The molecule has 2 aromatic rings. The Morgan fingerprint density at radius 2 is 1.88 bits per heavy atom. The van der Waals surface area contributed by atoms with E-state index in [1.165, 1.54) is 11.3 Å². The van der Waals surface area contributed by atoms with Gasteiger partial charge in [0.05, 0.1) is 16.0 Å². The van der Waals surface area contributed by atoms with Crippen LogP contribution in [-0.2, 0) is 5.60 Å². The van der Waals surface area contributed by atoms with E-state index in [2.05, 4.69) is 0 Å². The molecule has 0 spiro atoms. The van der Waals surface area contributed by atoms with E-state index >= 15 is 0 Å². The summed E-state index contributed by atoms with van der Waals surface area (Å²) in [5, 5.41) is 19.2. The number of rotatable bonds is 2. The molecular weight excluding hydrogens is 254 g/mol. The first-order valence-corrected chi connectivity index (χ1v) is 6.22. The van der Waals surface area contributed by atoms with Crippen molar-refractivity contribution in [1.29, 1.82) is 5.26 Å². The molecule has 0 aliphatic rings. The second kappa shape index (κ2) is 4.50. The summed E-state index contributed by atoms with van der Waals surface area (Å²) >= 11 is 7.22. The first-order chi connectivity index (χ1) is 8.04. The van der Waals surface area contributed by atoms with Crippen molar-refractivity contribution in [3.8, 4) is 6.07 Å². The van der Waals surface area contributed by atoms with Crippen LogP contribution in [0.1, 0.15) is 22.9 Å². The molecule has 0 radical (unpaired) electrons. The molecule has 0 amide bonds. The van der Waals surface area contributed by atoms with E-state index in [1.54, 1.807) is 37.3 Å². The summed E-state index contributed by atoms with van der Waals surface area (Å²) < 4.78 is 0.647. The van der Waals surface area contributed by atoms with Gasteiger partial charge in [-0.2, -0.15) is 5.26 Å². The summed E-state index contributed by atoms with van der Waals surface area (Å²) in [7, 11) is 0. The highest BCUT2D eigenvalue weighted by Crippen LogP contribution is 2.35. The van der Waals surface area contributed by atoms with E-state index in [-0.39, 0.29) is 0 Å². The quantitative estimate of drug-likeness (QED) is 0.901. The largest absolute Gasteiger partial charge is 0.380 e. The van der Waals surface area contributed by atoms with Crippen LogP contribution in [0.25, 0.3) is 0 Å². The average molecular weight is 264 g/mol. The molecule has 2 rings (SSSR count). The summed E-state index contributed by atoms with van der Waals surface area (Å²) in [6.45, 7) is 1.72. The zero-order valence-corrected chi connectivity index (χ0v) is 10.7. The van der Waals surface area contributed by atoms with Crippen LogP contribution in [0, 0.1) is 11.3 Å². The minimum atomic E-state index is -1.08. The SMILES string of the molecule is CC(O)(c1ccc(C#N)cc1)c1ccc(Cl)s1. The normalized spacial score (nSPS) is 14.0. The molecule has 4 heteroatoms. The molecule has 0 bridgehead atoms. The van der Waals surface area contributed by atoms with Gasteiger partial charge in [-0.1, -0.05) is 23.7 Å². The smallest absolute Gasteiger partial charge is 0.121 e. The van der Waals surface area contributed by atoms with Crippen LogP contribution in [0.3, 0.4) is 0 Å². The Morgan fingerprint density at radius 3 is 2.35 bits per heavy atom. The fourth-order valence-electron chi connectivity index (χ4n) is 1.59. The molecule has 1 N–H and O–H groups in total. The summed E-state index contributed by atoms with van der Waals surface area (Å²) in [6.07, 6.45) is 0. The second-order valence-electron chi connectivity index (χ2n) is 3.87. The number of nitrogens with zero attached hydrogens (tertiary/aromatic N) is 1. The third kappa shape index (κ3) is 2.34.